The van der Waals surface area contributed by atoms with Crippen molar-refractivity contribution in [3.05, 3.63) is 53.6 Å². The van der Waals surface area contributed by atoms with E-state index >= 15 is 0 Å². The van der Waals surface area contributed by atoms with Crippen LogP contribution in [-0.2, 0) is 20.5 Å². The van der Waals surface area contributed by atoms with Crippen molar-refractivity contribution in [3.63, 3.8) is 0 Å². The number of hydrogen-bond donors (Lipinski definition) is 0. The Bertz CT molecular complexity index is 857. The van der Waals surface area contributed by atoms with E-state index in [1.165, 1.54) is 0 Å². The molecule has 1 fully saturated rings. The van der Waals surface area contributed by atoms with E-state index in [-0.39, 0.29) is 17.1 Å². The lowest BCUT2D eigenvalue weighted by Gasteiger charge is -2.32. The van der Waals surface area contributed by atoms with Gasteiger partial charge in [-0.1, -0.05) is 24.3 Å². The summed E-state index contributed by atoms with van der Waals surface area (Å²) in [6, 6.07) is 14.0. The standard InChI is InChI=1S/C21H24BNO3/c1-14-7-6-8-18-17(14)13-19(24)23(18)16-11-9-15(10-12-16)22-25-20(2,3)21(4,5)26-22/h6-12H,13H2,1-5H3. The number of carbonyl (C=O) groups is 1. The van der Waals surface area contributed by atoms with Crippen LogP contribution >= 0.6 is 0 Å². The fraction of sp³-hybridized carbons (Fsp3) is 0.381. The molecule has 1 saturated heterocycles. The number of aryl methyl sites for hydroxylation is 1. The van der Waals surface area contributed by atoms with Gasteiger partial charge in [0.1, 0.15) is 0 Å². The van der Waals surface area contributed by atoms with E-state index in [9.17, 15) is 4.79 Å². The highest BCUT2D eigenvalue weighted by Gasteiger charge is 2.51. The second-order valence-corrected chi connectivity index (χ2v) is 8.16. The van der Waals surface area contributed by atoms with Gasteiger partial charge in [0.2, 0.25) is 5.91 Å². The third kappa shape index (κ3) is 2.58. The van der Waals surface area contributed by atoms with Gasteiger partial charge >= 0.3 is 7.12 Å². The summed E-state index contributed by atoms with van der Waals surface area (Å²) in [6.07, 6.45) is 0.459. The summed E-state index contributed by atoms with van der Waals surface area (Å²) in [5.74, 6) is 0.109. The molecule has 0 spiro atoms. The number of carbonyl (C=O) groups excluding carboxylic acids is 1. The molecule has 2 aromatic carbocycles. The molecule has 5 heteroatoms. The smallest absolute Gasteiger partial charge is 0.399 e. The van der Waals surface area contributed by atoms with E-state index in [4.69, 9.17) is 9.31 Å². The summed E-state index contributed by atoms with van der Waals surface area (Å²) in [5, 5.41) is 0. The largest absolute Gasteiger partial charge is 0.494 e. The molecule has 0 N–H and O–H groups in total. The predicted octanol–water partition coefficient (Wildman–Crippen LogP) is 3.52. The molecule has 2 aliphatic heterocycles. The minimum atomic E-state index is -0.391. The van der Waals surface area contributed by atoms with Gasteiger partial charge in [-0.25, -0.2) is 0 Å². The van der Waals surface area contributed by atoms with Gasteiger partial charge in [-0.15, -0.1) is 0 Å². The summed E-state index contributed by atoms with van der Waals surface area (Å²) in [4.78, 5) is 14.4. The van der Waals surface area contributed by atoms with Crippen molar-refractivity contribution < 1.29 is 14.1 Å². The number of anilines is 2. The van der Waals surface area contributed by atoms with Crippen LogP contribution in [0.1, 0.15) is 38.8 Å². The quantitative estimate of drug-likeness (QED) is 0.779. The molecule has 26 heavy (non-hydrogen) atoms. The molecule has 0 radical (unpaired) electrons. The van der Waals surface area contributed by atoms with E-state index in [1.807, 2.05) is 64.1 Å². The lowest BCUT2D eigenvalue weighted by molar-refractivity contribution is -0.116. The summed E-state index contributed by atoms with van der Waals surface area (Å²) in [6.45, 7) is 10.2. The van der Waals surface area contributed by atoms with Crippen molar-refractivity contribution >= 4 is 29.9 Å². The number of rotatable bonds is 2. The third-order valence-electron chi connectivity index (χ3n) is 5.88. The monoisotopic (exact) mass is 349 g/mol. The Hall–Kier alpha value is -2.11. The normalized spacial score (nSPS) is 20.6. The van der Waals surface area contributed by atoms with Crippen LogP contribution in [0.5, 0.6) is 0 Å². The highest BCUT2D eigenvalue weighted by Crippen LogP contribution is 2.38. The highest BCUT2D eigenvalue weighted by molar-refractivity contribution is 6.62. The van der Waals surface area contributed by atoms with Crippen molar-refractivity contribution in [2.45, 2.75) is 52.2 Å². The molecule has 1 amide bonds. The van der Waals surface area contributed by atoms with Gasteiger partial charge in [-0.3, -0.25) is 9.69 Å². The first-order valence-electron chi connectivity index (χ1n) is 9.07. The van der Waals surface area contributed by atoms with Crippen LogP contribution in [0.15, 0.2) is 42.5 Å². The van der Waals surface area contributed by atoms with Gasteiger partial charge in [0.15, 0.2) is 0 Å². The molecule has 0 aromatic heterocycles. The molecule has 0 saturated carbocycles. The van der Waals surface area contributed by atoms with Crippen molar-refractivity contribution in [2.75, 3.05) is 4.90 Å². The molecule has 0 aliphatic carbocycles. The van der Waals surface area contributed by atoms with Crippen molar-refractivity contribution in [1.82, 2.24) is 0 Å². The van der Waals surface area contributed by atoms with E-state index < -0.39 is 7.12 Å². The number of benzene rings is 2. The highest BCUT2D eigenvalue weighted by atomic mass is 16.7. The van der Waals surface area contributed by atoms with E-state index in [1.54, 1.807) is 4.90 Å². The summed E-state index contributed by atoms with van der Waals surface area (Å²) in [7, 11) is -0.391. The van der Waals surface area contributed by atoms with Gasteiger partial charge in [-0.2, -0.15) is 0 Å². The molecule has 0 unspecified atom stereocenters. The Balaban J connectivity index is 1.62. The first-order chi connectivity index (χ1) is 12.2. The average Bonchev–Trinajstić information content (AvgIpc) is 3.01. The van der Waals surface area contributed by atoms with Gasteiger partial charge in [0.05, 0.1) is 23.3 Å². The SMILES string of the molecule is Cc1cccc2c1CC(=O)N2c1ccc(B2OC(C)(C)C(C)(C)O2)cc1. The molecule has 0 bridgehead atoms. The van der Waals surface area contributed by atoms with Crippen LogP contribution in [0, 0.1) is 6.92 Å². The topological polar surface area (TPSA) is 38.8 Å². The zero-order valence-electron chi connectivity index (χ0n) is 16.0. The maximum absolute atomic E-state index is 12.6. The third-order valence-corrected chi connectivity index (χ3v) is 5.88. The fourth-order valence-electron chi connectivity index (χ4n) is 3.53. The number of hydrogen-bond acceptors (Lipinski definition) is 3. The lowest BCUT2D eigenvalue weighted by atomic mass is 9.79. The second-order valence-electron chi connectivity index (χ2n) is 8.16. The van der Waals surface area contributed by atoms with Crippen molar-refractivity contribution in [2.24, 2.45) is 0 Å². The Morgan fingerprint density at radius 1 is 0.962 bits per heavy atom. The van der Waals surface area contributed by atoms with Gasteiger partial charge in [0.25, 0.3) is 0 Å². The lowest BCUT2D eigenvalue weighted by Crippen LogP contribution is -2.41. The summed E-state index contributed by atoms with van der Waals surface area (Å²) >= 11 is 0. The maximum atomic E-state index is 12.6. The summed E-state index contributed by atoms with van der Waals surface area (Å²) in [5.41, 5.74) is 4.37. The zero-order chi connectivity index (χ0) is 18.7. The number of fused-ring (bicyclic) bond motifs is 1. The Kier molecular flexibility index (Phi) is 3.79. The first-order valence-corrected chi connectivity index (χ1v) is 9.07. The minimum Gasteiger partial charge on any atom is -0.399 e. The van der Waals surface area contributed by atoms with Gasteiger partial charge < -0.3 is 9.31 Å². The number of nitrogens with zero attached hydrogens (tertiary/aromatic N) is 1. The first kappa shape index (κ1) is 17.3. The minimum absolute atomic E-state index is 0.109. The second kappa shape index (κ2) is 5.70. The van der Waals surface area contributed by atoms with E-state index in [0.717, 1.165) is 28.0 Å². The molecule has 134 valence electrons. The zero-order valence-corrected chi connectivity index (χ0v) is 16.0. The fourth-order valence-corrected chi connectivity index (χ4v) is 3.53. The van der Waals surface area contributed by atoms with Crippen molar-refractivity contribution in [1.29, 1.82) is 0 Å². The molecule has 4 rings (SSSR count). The van der Waals surface area contributed by atoms with Crippen LogP contribution in [0.2, 0.25) is 0 Å². The molecule has 2 heterocycles. The van der Waals surface area contributed by atoms with Gasteiger partial charge in [0, 0.05) is 5.69 Å². The molecule has 2 aromatic rings. The molecular weight excluding hydrogens is 325 g/mol. The van der Waals surface area contributed by atoms with E-state index in [0.29, 0.717) is 6.42 Å². The van der Waals surface area contributed by atoms with Crippen LogP contribution in [0.25, 0.3) is 0 Å². The Morgan fingerprint density at radius 2 is 1.58 bits per heavy atom. The summed E-state index contributed by atoms with van der Waals surface area (Å²) < 4.78 is 12.2. The average molecular weight is 349 g/mol. The van der Waals surface area contributed by atoms with Crippen LogP contribution in [0.4, 0.5) is 11.4 Å². The molecule has 4 nitrogen and oxygen atoms in total. The van der Waals surface area contributed by atoms with Gasteiger partial charge in [-0.05, 0) is 69.4 Å². The molecule has 2 aliphatic rings. The Morgan fingerprint density at radius 3 is 2.19 bits per heavy atom. The number of amides is 1. The maximum Gasteiger partial charge on any atom is 0.494 e. The van der Waals surface area contributed by atoms with Crippen LogP contribution in [-0.4, -0.2) is 24.2 Å². The van der Waals surface area contributed by atoms with E-state index in [2.05, 4.69) is 13.0 Å². The molecule has 0 atom stereocenters. The Labute approximate surface area is 155 Å². The molecular formula is C21H24BNO3. The van der Waals surface area contributed by atoms with Crippen molar-refractivity contribution in [3.8, 4) is 0 Å². The van der Waals surface area contributed by atoms with Crippen LogP contribution < -0.4 is 10.4 Å². The van der Waals surface area contributed by atoms with Crippen LogP contribution in [0.3, 0.4) is 0 Å². The predicted molar refractivity (Wildman–Crippen MR) is 104 cm³/mol.